The summed E-state index contributed by atoms with van der Waals surface area (Å²) in [5, 5.41) is 0. The van der Waals surface area contributed by atoms with Crippen LogP contribution in [0.5, 0.6) is 0 Å². The van der Waals surface area contributed by atoms with Crippen LogP contribution in [0.2, 0.25) is 0 Å². The molecule has 0 unspecified atom stereocenters. The quantitative estimate of drug-likeness (QED) is 0.786. The van der Waals surface area contributed by atoms with Crippen molar-refractivity contribution in [1.29, 1.82) is 0 Å². The Morgan fingerprint density at radius 3 is 2.46 bits per heavy atom. The second-order valence-corrected chi connectivity index (χ2v) is 7.74. The summed E-state index contributed by atoms with van der Waals surface area (Å²) in [5.41, 5.74) is 2.46. The van der Waals surface area contributed by atoms with E-state index in [1.54, 1.807) is 0 Å². The summed E-state index contributed by atoms with van der Waals surface area (Å²) in [5.74, 6) is 1.35. The molecule has 0 saturated carbocycles. The van der Waals surface area contributed by atoms with Gasteiger partial charge in [0.05, 0.1) is 18.1 Å². The molecule has 26 heavy (non-hydrogen) atoms. The minimum absolute atomic E-state index is 0.422. The molecule has 1 saturated heterocycles. The monoisotopic (exact) mass is 357 g/mol. The van der Waals surface area contributed by atoms with Crippen molar-refractivity contribution in [2.75, 3.05) is 46.2 Å². The summed E-state index contributed by atoms with van der Waals surface area (Å²) in [6.07, 6.45) is 10.3. The number of hydrogen-bond donors (Lipinski definition) is 0. The highest BCUT2D eigenvalue weighted by Crippen LogP contribution is 2.35. The van der Waals surface area contributed by atoms with Crippen LogP contribution in [-0.4, -0.2) is 70.6 Å². The molecule has 0 aromatic carbocycles. The third kappa shape index (κ3) is 4.22. The molecule has 3 rings (SSSR count). The van der Waals surface area contributed by atoms with Crippen LogP contribution < -0.4 is 4.90 Å². The Bertz CT molecular complexity index is 694. The van der Waals surface area contributed by atoms with Crippen molar-refractivity contribution in [3.63, 3.8) is 0 Å². The lowest BCUT2D eigenvalue weighted by Gasteiger charge is -2.40. The number of anilines is 1. The molecule has 2 aromatic heterocycles. The molecule has 1 fully saturated rings. The Morgan fingerprint density at radius 2 is 1.85 bits per heavy atom. The number of piperidine rings is 1. The van der Waals surface area contributed by atoms with Crippen LogP contribution in [0.4, 0.5) is 5.95 Å². The highest BCUT2D eigenvalue weighted by molar-refractivity contribution is 5.26. The van der Waals surface area contributed by atoms with Gasteiger partial charge in [0.25, 0.3) is 0 Å². The van der Waals surface area contributed by atoms with Crippen molar-refractivity contribution in [2.24, 2.45) is 13.0 Å². The molecular formula is C19H31N7. The van der Waals surface area contributed by atoms with Crippen molar-refractivity contribution >= 4 is 5.95 Å². The molecule has 0 N–H and O–H groups in total. The first-order valence-corrected chi connectivity index (χ1v) is 9.29. The van der Waals surface area contributed by atoms with Crippen molar-refractivity contribution < 1.29 is 0 Å². The van der Waals surface area contributed by atoms with Crippen LogP contribution in [0.25, 0.3) is 0 Å². The number of aromatic nitrogens is 4. The molecule has 0 spiro atoms. The Kier molecular flexibility index (Phi) is 5.88. The van der Waals surface area contributed by atoms with Crippen molar-refractivity contribution in [2.45, 2.75) is 25.4 Å². The van der Waals surface area contributed by atoms with Crippen LogP contribution in [-0.2, 0) is 13.6 Å². The molecule has 2 atom stereocenters. The number of aryl methyl sites for hydroxylation is 1. The largest absolute Gasteiger partial charge is 0.347 e. The van der Waals surface area contributed by atoms with Gasteiger partial charge in [-0.15, -0.1) is 0 Å². The van der Waals surface area contributed by atoms with Gasteiger partial charge in [-0.2, -0.15) is 0 Å². The van der Waals surface area contributed by atoms with Gasteiger partial charge in [-0.3, -0.25) is 4.90 Å². The predicted octanol–water partition coefficient (Wildman–Crippen LogP) is 1.79. The molecule has 0 radical (unpaired) electrons. The fourth-order valence-corrected chi connectivity index (χ4v) is 4.01. The van der Waals surface area contributed by atoms with E-state index in [4.69, 9.17) is 0 Å². The maximum atomic E-state index is 4.43. The number of rotatable bonds is 6. The van der Waals surface area contributed by atoms with Crippen molar-refractivity contribution in [3.05, 3.63) is 36.2 Å². The molecule has 1 aliphatic rings. The predicted molar refractivity (Wildman–Crippen MR) is 104 cm³/mol. The smallest absolute Gasteiger partial charge is 0.224 e. The van der Waals surface area contributed by atoms with Crippen LogP contribution in [0.1, 0.15) is 30.1 Å². The zero-order chi connectivity index (χ0) is 18.7. The fraction of sp³-hybridized carbons (Fsp3) is 0.632. The van der Waals surface area contributed by atoms with Crippen molar-refractivity contribution in [3.8, 4) is 0 Å². The molecule has 3 heterocycles. The van der Waals surface area contributed by atoms with E-state index in [2.05, 4.69) is 50.5 Å². The van der Waals surface area contributed by atoms with Gasteiger partial charge >= 0.3 is 0 Å². The number of likely N-dealkylation sites (tertiary alicyclic amines) is 1. The molecule has 1 aliphatic heterocycles. The van der Waals surface area contributed by atoms with Crippen LogP contribution in [0, 0.1) is 5.92 Å². The average Bonchev–Trinajstić information content (AvgIpc) is 3.01. The standard InChI is InChI=1S/C19H31N7/c1-23(2)19-21-9-15(10-22-19)12-24(3)13-16-7-6-8-25(4)18(16)17-11-20-14-26(17)5/h9-11,14,16,18H,6-8,12-13H2,1-5H3/t16-,18+/m0/s1. The third-order valence-electron chi connectivity index (χ3n) is 5.25. The van der Waals surface area contributed by atoms with Gasteiger partial charge < -0.3 is 14.4 Å². The highest BCUT2D eigenvalue weighted by Gasteiger charge is 2.32. The highest BCUT2D eigenvalue weighted by atomic mass is 15.2. The third-order valence-corrected chi connectivity index (χ3v) is 5.25. The van der Waals surface area contributed by atoms with E-state index in [-0.39, 0.29) is 0 Å². The Morgan fingerprint density at radius 1 is 1.12 bits per heavy atom. The normalized spacial score (nSPS) is 21.3. The lowest BCUT2D eigenvalue weighted by molar-refractivity contribution is 0.0879. The van der Waals surface area contributed by atoms with Crippen LogP contribution in [0.3, 0.4) is 0 Å². The van der Waals surface area contributed by atoms with E-state index >= 15 is 0 Å². The zero-order valence-electron chi connectivity index (χ0n) is 16.6. The minimum atomic E-state index is 0.422. The van der Waals surface area contributed by atoms with Gasteiger partial charge in [-0.1, -0.05) is 0 Å². The van der Waals surface area contributed by atoms with Gasteiger partial charge in [0.15, 0.2) is 0 Å². The average molecular weight is 358 g/mol. The van der Waals surface area contributed by atoms with E-state index in [1.165, 1.54) is 18.5 Å². The molecule has 142 valence electrons. The first-order valence-electron chi connectivity index (χ1n) is 9.29. The summed E-state index contributed by atoms with van der Waals surface area (Å²) >= 11 is 0. The number of imidazole rings is 1. The first kappa shape index (κ1) is 18.8. The fourth-order valence-electron chi connectivity index (χ4n) is 4.01. The summed E-state index contributed by atoms with van der Waals surface area (Å²) in [7, 11) is 10.4. The molecule has 0 bridgehead atoms. The zero-order valence-corrected chi connectivity index (χ0v) is 16.6. The molecule has 0 aliphatic carbocycles. The Balaban J connectivity index is 1.66. The molecule has 0 amide bonds. The minimum Gasteiger partial charge on any atom is -0.347 e. The maximum absolute atomic E-state index is 4.43. The lowest BCUT2D eigenvalue weighted by atomic mass is 9.87. The second kappa shape index (κ2) is 8.14. The van der Waals surface area contributed by atoms with Gasteiger partial charge in [0.2, 0.25) is 5.95 Å². The van der Waals surface area contributed by atoms with Crippen LogP contribution >= 0.6 is 0 Å². The molecule has 7 nitrogen and oxygen atoms in total. The van der Waals surface area contributed by atoms with Crippen molar-refractivity contribution in [1.82, 2.24) is 29.3 Å². The lowest BCUT2D eigenvalue weighted by Crippen LogP contribution is -2.41. The van der Waals surface area contributed by atoms with Crippen LogP contribution in [0.15, 0.2) is 24.9 Å². The second-order valence-electron chi connectivity index (χ2n) is 7.74. The summed E-state index contributed by atoms with van der Waals surface area (Å²) in [6.45, 7) is 3.07. The van der Waals surface area contributed by atoms with E-state index < -0.39 is 0 Å². The molecular weight excluding hydrogens is 326 g/mol. The van der Waals surface area contributed by atoms with Gasteiger partial charge in [-0.05, 0) is 39.4 Å². The summed E-state index contributed by atoms with van der Waals surface area (Å²) < 4.78 is 2.16. The molecule has 7 heteroatoms. The van der Waals surface area contributed by atoms with Gasteiger partial charge in [0.1, 0.15) is 0 Å². The summed E-state index contributed by atoms with van der Waals surface area (Å²) in [4.78, 5) is 20.0. The van der Waals surface area contributed by atoms with Gasteiger partial charge in [-0.25, -0.2) is 15.0 Å². The molecule has 2 aromatic rings. The van der Waals surface area contributed by atoms with E-state index in [9.17, 15) is 0 Å². The van der Waals surface area contributed by atoms with E-state index in [1.807, 2.05) is 43.9 Å². The SMILES string of the molecule is CN(Cc1cnc(N(C)C)nc1)C[C@@H]1CCCN(C)[C@H]1c1cncn1C. The van der Waals surface area contributed by atoms with E-state index in [0.29, 0.717) is 12.0 Å². The topological polar surface area (TPSA) is 53.3 Å². The summed E-state index contributed by atoms with van der Waals surface area (Å²) in [6, 6.07) is 0.422. The Labute approximate surface area is 156 Å². The number of nitrogens with zero attached hydrogens (tertiary/aromatic N) is 7. The maximum Gasteiger partial charge on any atom is 0.224 e. The van der Waals surface area contributed by atoms with E-state index in [0.717, 1.165) is 31.1 Å². The van der Waals surface area contributed by atoms with Gasteiger partial charge in [0, 0.05) is 58.4 Å². The number of hydrogen-bond acceptors (Lipinski definition) is 6. The first-order chi connectivity index (χ1) is 12.5. The Hall–Kier alpha value is -1.99.